The quantitative estimate of drug-likeness (QED) is 0.167. The van der Waals surface area contributed by atoms with Crippen molar-refractivity contribution < 1.29 is 0 Å². The molecule has 290 valence electrons. The van der Waals surface area contributed by atoms with Gasteiger partial charge in [0.1, 0.15) is 0 Å². The maximum atomic E-state index is 5.25. The molecule has 0 N–H and O–H groups in total. The Kier molecular flexibility index (Phi) is 8.69. The first-order valence-electron chi connectivity index (χ1n) is 21.1. The highest BCUT2D eigenvalue weighted by Crippen LogP contribution is 2.63. The van der Waals surface area contributed by atoms with Crippen LogP contribution >= 0.6 is 11.8 Å². The van der Waals surface area contributed by atoms with Gasteiger partial charge in [-0.25, -0.2) is 9.97 Å². The van der Waals surface area contributed by atoms with Crippen LogP contribution in [0, 0.1) is 0 Å². The van der Waals surface area contributed by atoms with E-state index in [4.69, 9.17) is 9.97 Å². The Morgan fingerprint density at radius 1 is 0.290 bits per heavy atom. The van der Waals surface area contributed by atoms with Gasteiger partial charge in [0.05, 0.1) is 16.8 Å². The molecule has 0 fully saturated rings. The van der Waals surface area contributed by atoms with E-state index in [1.807, 2.05) is 17.8 Å². The Morgan fingerprint density at radius 3 is 1.42 bits per heavy atom. The molecule has 0 atom stereocenters. The second-order valence-corrected chi connectivity index (χ2v) is 17.1. The fourth-order valence-corrected chi connectivity index (χ4v) is 11.1. The predicted molar refractivity (Wildman–Crippen MR) is 256 cm³/mol. The Bertz CT molecular complexity index is 3290. The van der Waals surface area contributed by atoms with E-state index in [9.17, 15) is 0 Å². The van der Waals surface area contributed by atoms with Gasteiger partial charge in [-0.1, -0.05) is 212 Å². The van der Waals surface area contributed by atoms with Gasteiger partial charge in [-0.2, -0.15) is 0 Å². The molecule has 1 aromatic heterocycles. The molecule has 2 heterocycles. The monoisotopic (exact) mass is 806 g/mol. The summed E-state index contributed by atoms with van der Waals surface area (Å²) in [5.41, 5.74) is 19.5. The molecule has 3 heteroatoms. The standard InChI is InChI=1S/C59H38N2S/c1-3-17-39(18-4-1)41-21-14-25-45(36-41)55-38-54(40-19-5-2-6-20-40)60-58(61-55)46-26-15-23-43(37-46)42-22-13-24-44(35-42)47-29-16-33-53-57(47)62-56-34-12-11-32-52(56)59(53)50-30-9-7-27-48(50)49-28-8-10-31-51(49)59/h1-38H. The van der Waals surface area contributed by atoms with Crippen molar-refractivity contribution in [2.75, 3.05) is 0 Å². The zero-order valence-corrected chi connectivity index (χ0v) is 34.6. The molecule has 1 aliphatic heterocycles. The van der Waals surface area contributed by atoms with Crippen molar-refractivity contribution in [3.8, 4) is 78.4 Å². The lowest BCUT2D eigenvalue weighted by Gasteiger charge is -2.40. The first-order valence-corrected chi connectivity index (χ1v) is 22.0. The minimum absolute atomic E-state index is 0.414. The van der Waals surface area contributed by atoms with Gasteiger partial charge < -0.3 is 0 Å². The molecule has 1 spiro atoms. The zero-order chi connectivity index (χ0) is 41.0. The molecular formula is C59H38N2S. The highest BCUT2D eigenvalue weighted by atomic mass is 32.2. The van der Waals surface area contributed by atoms with Crippen molar-refractivity contribution in [3.05, 3.63) is 253 Å². The van der Waals surface area contributed by atoms with Crippen molar-refractivity contribution in [1.29, 1.82) is 0 Å². The van der Waals surface area contributed by atoms with Gasteiger partial charge in [-0.05, 0) is 97.1 Å². The van der Waals surface area contributed by atoms with Gasteiger partial charge in [0.2, 0.25) is 0 Å². The van der Waals surface area contributed by atoms with Crippen LogP contribution in [0.15, 0.2) is 240 Å². The van der Waals surface area contributed by atoms with Crippen molar-refractivity contribution in [2.45, 2.75) is 15.2 Å². The lowest BCUT2D eigenvalue weighted by Crippen LogP contribution is -2.32. The van der Waals surface area contributed by atoms with E-state index in [1.54, 1.807) is 0 Å². The smallest absolute Gasteiger partial charge is 0.160 e. The number of aromatic nitrogens is 2. The molecule has 9 aromatic carbocycles. The van der Waals surface area contributed by atoms with Crippen LogP contribution in [-0.2, 0) is 5.41 Å². The summed E-state index contributed by atoms with van der Waals surface area (Å²) >= 11 is 1.90. The normalized spacial score (nSPS) is 12.9. The summed E-state index contributed by atoms with van der Waals surface area (Å²) in [5.74, 6) is 0.694. The van der Waals surface area contributed by atoms with Gasteiger partial charge in [-0.15, -0.1) is 0 Å². The second kappa shape index (κ2) is 14.8. The maximum absolute atomic E-state index is 5.25. The Balaban J connectivity index is 0.970. The third-order valence-electron chi connectivity index (χ3n) is 12.6. The highest BCUT2D eigenvalue weighted by molar-refractivity contribution is 7.99. The summed E-state index contributed by atoms with van der Waals surface area (Å²) in [7, 11) is 0. The molecular weight excluding hydrogens is 769 g/mol. The van der Waals surface area contributed by atoms with Crippen molar-refractivity contribution in [3.63, 3.8) is 0 Å². The second-order valence-electron chi connectivity index (χ2n) is 16.1. The molecule has 2 aliphatic rings. The summed E-state index contributed by atoms with van der Waals surface area (Å²) < 4.78 is 0. The number of hydrogen-bond donors (Lipinski definition) is 0. The summed E-state index contributed by atoms with van der Waals surface area (Å²) in [4.78, 5) is 13.1. The van der Waals surface area contributed by atoms with Crippen LogP contribution in [0.5, 0.6) is 0 Å². The highest BCUT2D eigenvalue weighted by Gasteiger charge is 2.50. The predicted octanol–water partition coefficient (Wildman–Crippen LogP) is 15.3. The third kappa shape index (κ3) is 5.89. The number of fused-ring (bicyclic) bond motifs is 9. The van der Waals surface area contributed by atoms with E-state index < -0.39 is 5.41 Å². The van der Waals surface area contributed by atoms with Crippen molar-refractivity contribution in [2.24, 2.45) is 0 Å². The molecule has 62 heavy (non-hydrogen) atoms. The van der Waals surface area contributed by atoms with E-state index >= 15 is 0 Å². The maximum Gasteiger partial charge on any atom is 0.160 e. The van der Waals surface area contributed by atoms with Crippen LogP contribution in [0.3, 0.4) is 0 Å². The van der Waals surface area contributed by atoms with Crippen LogP contribution in [0.4, 0.5) is 0 Å². The van der Waals surface area contributed by atoms with E-state index in [0.717, 1.165) is 44.8 Å². The molecule has 0 bridgehead atoms. The van der Waals surface area contributed by atoms with Gasteiger partial charge >= 0.3 is 0 Å². The van der Waals surface area contributed by atoms with E-state index in [-0.39, 0.29) is 0 Å². The molecule has 12 rings (SSSR count). The minimum Gasteiger partial charge on any atom is -0.228 e. The van der Waals surface area contributed by atoms with Crippen LogP contribution in [0.1, 0.15) is 22.3 Å². The summed E-state index contributed by atoms with van der Waals surface area (Å²) in [6.07, 6.45) is 0. The summed E-state index contributed by atoms with van der Waals surface area (Å²) in [6.45, 7) is 0. The first-order chi connectivity index (χ1) is 30.7. The topological polar surface area (TPSA) is 25.8 Å². The van der Waals surface area contributed by atoms with Crippen LogP contribution in [0.2, 0.25) is 0 Å². The van der Waals surface area contributed by atoms with E-state index in [2.05, 4.69) is 224 Å². The Labute approximate surface area is 366 Å². The molecule has 0 saturated heterocycles. The van der Waals surface area contributed by atoms with Crippen LogP contribution in [-0.4, -0.2) is 9.97 Å². The van der Waals surface area contributed by atoms with Crippen molar-refractivity contribution in [1.82, 2.24) is 9.97 Å². The fraction of sp³-hybridized carbons (Fsp3) is 0.0169. The number of benzene rings is 9. The molecule has 2 nitrogen and oxygen atoms in total. The average Bonchev–Trinajstić information content (AvgIpc) is 3.65. The van der Waals surface area contributed by atoms with Gasteiger partial charge in [0, 0.05) is 26.5 Å². The zero-order valence-electron chi connectivity index (χ0n) is 33.7. The molecule has 0 saturated carbocycles. The summed E-state index contributed by atoms with van der Waals surface area (Å²) in [5, 5.41) is 0. The lowest BCUT2D eigenvalue weighted by atomic mass is 9.67. The van der Waals surface area contributed by atoms with Crippen LogP contribution in [0.25, 0.3) is 78.4 Å². The molecule has 10 aromatic rings. The molecule has 1 aliphatic carbocycles. The largest absolute Gasteiger partial charge is 0.228 e. The Morgan fingerprint density at radius 2 is 0.726 bits per heavy atom. The lowest BCUT2D eigenvalue weighted by molar-refractivity contribution is 0.723. The van der Waals surface area contributed by atoms with Crippen LogP contribution < -0.4 is 0 Å². The number of nitrogens with zero attached hydrogens (tertiary/aromatic N) is 2. The van der Waals surface area contributed by atoms with Gasteiger partial charge in [0.25, 0.3) is 0 Å². The number of rotatable bonds is 6. The fourth-order valence-electron chi connectivity index (χ4n) is 9.78. The Hall–Kier alpha value is -7.59. The van der Waals surface area contributed by atoms with E-state index in [1.165, 1.54) is 59.9 Å². The number of hydrogen-bond acceptors (Lipinski definition) is 3. The third-order valence-corrected chi connectivity index (χ3v) is 13.8. The van der Waals surface area contributed by atoms with Gasteiger partial charge in [0.15, 0.2) is 5.82 Å². The van der Waals surface area contributed by atoms with Gasteiger partial charge in [-0.3, -0.25) is 0 Å². The average molecular weight is 807 g/mol. The molecule has 0 amide bonds. The molecule has 0 radical (unpaired) electrons. The van der Waals surface area contributed by atoms with E-state index in [0.29, 0.717) is 5.82 Å². The first kappa shape index (κ1) is 36.3. The van der Waals surface area contributed by atoms with Crippen molar-refractivity contribution >= 4 is 11.8 Å². The minimum atomic E-state index is -0.414. The SMILES string of the molecule is c1ccc(-c2cccc(-c3cc(-c4ccccc4)nc(-c4cccc(-c5cccc(-c6cccc7c6Sc6ccccc6C76c7ccccc7-c7ccccc76)c5)c4)n3)c2)cc1. The summed E-state index contributed by atoms with van der Waals surface area (Å²) in [6, 6.07) is 83.3. The molecule has 0 unspecified atom stereocenters.